The number of carbonyl (C=O) groups excluding carboxylic acids is 2. The van der Waals surface area contributed by atoms with E-state index in [9.17, 15) is 9.59 Å². The second kappa shape index (κ2) is 6.22. The van der Waals surface area contributed by atoms with E-state index in [2.05, 4.69) is 39.9 Å². The molecule has 0 aromatic rings. The molecule has 3 saturated carbocycles. The SMILES string of the molecule is CC(C)(C)NC(=O)C1CCC2C3CCC4OC(=O)CCC4(C)C3CCC12C. The minimum Gasteiger partial charge on any atom is -0.462 e. The zero-order valence-electron chi connectivity index (χ0n) is 17.8. The molecule has 0 radical (unpaired) electrons. The molecule has 152 valence electrons. The summed E-state index contributed by atoms with van der Waals surface area (Å²) in [4.78, 5) is 24.9. The van der Waals surface area contributed by atoms with Gasteiger partial charge in [-0.1, -0.05) is 13.8 Å². The highest BCUT2D eigenvalue weighted by atomic mass is 16.5. The van der Waals surface area contributed by atoms with Gasteiger partial charge >= 0.3 is 5.97 Å². The minimum absolute atomic E-state index is 0.00338. The Bertz CT molecular complexity index is 638. The standard InChI is InChI=1S/C23H37NO3/c1-21(2,3)24-20(26)17-8-7-15-14-6-9-18-23(5,13-11-19(25)27-18)16(14)10-12-22(15,17)4/h14-18H,6-13H2,1-5H3,(H,24,26). The van der Waals surface area contributed by atoms with Crippen molar-refractivity contribution in [1.82, 2.24) is 5.32 Å². The summed E-state index contributed by atoms with van der Waals surface area (Å²) in [5, 5.41) is 3.25. The molecule has 0 aromatic heterocycles. The summed E-state index contributed by atoms with van der Waals surface area (Å²) >= 11 is 0. The van der Waals surface area contributed by atoms with Crippen LogP contribution in [-0.2, 0) is 14.3 Å². The fourth-order valence-corrected chi connectivity index (χ4v) is 7.44. The van der Waals surface area contributed by atoms with Crippen molar-refractivity contribution in [3.8, 4) is 0 Å². The number of carbonyl (C=O) groups is 2. The van der Waals surface area contributed by atoms with Crippen LogP contribution in [0.3, 0.4) is 0 Å². The molecule has 7 atom stereocenters. The second-order valence-electron chi connectivity index (χ2n) is 11.4. The number of rotatable bonds is 1. The number of hydrogen-bond acceptors (Lipinski definition) is 3. The molecule has 1 amide bonds. The van der Waals surface area contributed by atoms with Crippen LogP contribution in [0.1, 0.15) is 86.0 Å². The maximum atomic E-state index is 13.0. The fourth-order valence-electron chi connectivity index (χ4n) is 7.44. The van der Waals surface area contributed by atoms with Crippen LogP contribution in [0.25, 0.3) is 0 Å². The van der Waals surface area contributed by atoms with Crippen molar-refractivity contribution in [1.29, 1.82) is 0 Å². The lowest BCUT2D eigenvalue weighted by Crippen LogP contribution is -2.57. The van der Waals surface area contributed by atoms with Crippen LogP contribution in [0.15, 0.2) is 0 Å². The Hall–Kier alpha value is -1.06. The monoisotopic (exact) mass is 375 g/mol. The van der Waals surface area contributed by atoms with Crippen LogP contribution in [0.4, 0.5) is 0 Å². The smallest absolute Gasteiger partial charge is 0.306 e. The number of nitrogens with one attached hydrogen (secondary N) is 1. The Kier molecular flexibility index (Phi) is 4.44. The lowest BCUT2D eigenvalue weighted by Gasteiger charge is -2.59. The number of fused-ring (bicyclic) bond motifs is 5. The average molecular weight is 376 g/mol. The molecular weight excluding hydrogens is 338 g/mol. The van der Waals surface area contributed by atoms with E-state index in [-0.39, 0.29) is 40.3 Å². The Balaban J connectivity index is 1.55. The van der Waals surface area contributed by atoms with Gasteiger partial charge in [-0.25, -0.2) is 0 Å². The van der Waals surface area contributed by atoms with E-state index in [1.807, 2.05) is 0 Å². The first kappa shape index (κ1) is 19.3. The quantitative estimate of drug-likeness (QED) is 0.688. The van der Waals surface area contributed by atoms with Crippen molar-refractivity contribution < 1.29 is 14.3 Å². The lowest BCUT2D eigenvalue weighted by atomic mass is 9.47. The van der Waals surface area contributed by atoms with Gasteiger partial charge in [0.2, 0.25) is 5.91 Å². The van der Waals surface area contributed by atoms with Crippen LogP contribution in [0.5, 0.6) is 0 Å². The summed E-state index contributed by atoms with van der Waals surface area (Å²) in [6.07, 6.45) is 8.37. The Morgan fingerprint density at radius 3 is 2.41 bits per heavy atom. The van der Waals surface area contributed by atoms with Crippen LogP contribution >= 0.6 is 0 Å². The summed E-state index contributed by atoms with van der Waals surface area (Å²) in [5.74, 6) is 2.38. The first-order valence-electron chi connectivity index (χ1n) is 11.1. The number of esters is 1. The molecule has 1 aliphatic heterocycles. The van der Waals surface area contributed by atoms with Crippen molar-refractivity contribution in [2.45, 2.75) is 97.6 Å². The summed E-state index contributed by atoms with van der Waals surface area (Å²) in [5.41, 5.74) is 0.106. The van der Waals surface area contributed by atoms with Crippen molar-refractivity contribution in [3.63, 3.8) is 0 Å². The largest absolute Gasteiger partial charge is 0.462 e. The topological polar surface area (TPSA) is 55.4 Å². The second-order valence-corrected chi connectivity index (χ2v) is 11.4. The molecule has 0 aromatic carbocycles. The Labute approximate surface area is 164 Å². The predicted octanol–water partition coefficient (Wildman–Crippen LogP) is 4.47. The van der Waals surface area contributed by atoms with Gasteiger partial charge in [-0.3, -0.25) is 9.59 Å². The van der Waals surface area contributed by atoms with Gasteiger partial charge in [0.1, 0.15) is 6.10 Å². The van der Waals surface area contributed by atoms with Crippen LogP contribution in [0, 0.1) is 34.5 Å². The maximum absolute atomic E-state index is 13.0. The first-order chi connectivity index (χ1) is 12.5. The van der Waals surface area contributed by atoms with E-state index in [4.69, 9.17) is 4.74 Å². The predicted molar refractivity (Wildman–Crippen MR) is 105 cm³/mol. The highest BCUT2D eigenvalue weighted by molar-refractivity contribution is 5.80. The number of amides is 1. The van der Waals surface area contributed by atoms with Crippen LogP contribution in [-0.4, -0.2) is 23.5 Å². The number of ether oxygens (including phenoxy) is 1. The van der Waals surface area contributed by atoms with Gasteiger partial charge in [0, 0.05) is 23.3 Å². The van der Waals surface area contributed by atoms with Gasteiger partial charge in [-0.2, -0.15) is 0 Å². The molecule has 27 heavy (non-hydrogen) atoms. The average Bonchev–Trinajstić information content (AvgIpc) is 2.91. The van der Waals surface area contributed by atoms with Crippen molar-refractivity contribution >= 4 is 11.9 Å². The summed E-state index contributed by atoms with van der Waals surface area (Å²) in [6, 6.07) is 0. The molecule has 0 bridgehead atoms. The molecule has 1 saturated heterocycles. The van der Waals surface area contributed by atoms with Gasteiger partial charge < -0.3 is 10.1 Å². The van der Waals surface area contributed by atoms with Crippen LogP contribution in [0.2, 0.25) is 0 Å². The Morgan fingerprint density at radius 2 is 1.70 bits per heavy atom. The molecule has 4 nitrogen and oxygen atoms in total. The molecule has 1 heterocycles. The van der Waals surface area contributed by atoms with Gasteiger partial charge in [-0.05, 0) is 88.9 Å². The highest BCUT2D eigenvalue weighted by Crippen LogP contribution is 2.66. The normalized spacial score (nSPS) is 46.7. The third-order valence-electron chi connectivity index (χ3n) is 8.74. The van der Waals surface area contributed by atoms with E-state index in [1.165, 1.54) is 12.8 Å². The third-order valence-corrected chi connectivity index (χ3v) is 8.74. The number of hydrogen-bond donors (Lipinski definition) is 1. The van der Waals surface area contributed by atoms with E-state index in [0.717, 1.165) is 32.1 Å². The van der Waals surface area contributed by atoms with E-state index in [0.29, 0.717) is 24.2 Å². The van der Waals surface area contributed by atoms with E-state index < -0.39 is 0 Å². The zero-order valence-corrected chi connectivity index (χ0v) is 17.8. The molecule has 7 unspecified atom stereocenters. The maximum Gasteiger partial charge on any atom is 0.306 e. The zero-order chi connectivity index (χ0) is 19.6. The molecule has 4 heteroatoms. The van der Waals surface area contributed by atoms with Crippen molar-refractivity contribution in [2.75, 3.05) is 0 Å². The summed E-state index contributed by atoms with van der Waals surface area (Å²) in [6.45, 7) is 11.0. The molecule has 4 fully saturated rings. The fraction of sp³-hybridized carbons (Fsp3) is 0.913. The van der Waals surface area contributed by atoms with E-state index in [1.54, 1.807) is 0 Å². The van der Waals surface area contributed by atoms with Crippen molar-refractivity contribution in [3.05, 3.63) is 0 Å². The summed E-state index contributed by atoms with van der Waals surface area (Å²) < 4.78 is 5.79. The first-order valence-corrected chi connectivity index (χ1v) is 11.1. The molecule has 1 N–H and O–H groups in total. The third kappa shape index (κ3) is 3.02. The summed E-state index contributed by atoms with van der Waals surface area (Å²) in [7, 11) is 0. The molecule has 3 aliphatic carbocycles. The molecule has 0 spiro atoms. The lowest BCUT2D eigenvalue weighted by molar-refractivity contribution is -0.192. The van der Waals surface area contributed by atoms with Crippen LogP contribution < -0.4 is 5.32 Å². The highest BCUT2D eigenvalue weighted by Gasteiger charge is 2.62. The minimum atomic E-state index is -0.166. The van der Waals surface area contributed by atoms with Gasteiger partial charge in [0.15, 0.2) is 0 Å². The van der Waals surface area contributed by atoms with Gasteiger partial charge in [0.05, 0.1) is 0 Å². The van der Waals surface area contributed by atoms with Gasteiger partial charge in [-0.15, -0.1) is 0 Å². The Morgan fingerprint density at radius 1 is 1.00 bits per heavy atom. The molecule has 4 rings (SSSR count). The van der Waals surface area contributed by atoms with Gasteiger partial charge in [0.25, 0.3) is 0 Å². The van der Waals surface area contributed by atoms with Crippen molar-refractivity contribution in [2.24, 2.45) is 34.5 Å². The van der Waals surface area contributed by atoms with E-state index >= 15 is 0 Å². The molecule has 4 aliphatic rings. The molecular formula is C23H37NO3.